The molecule has 3 aromatic carbocycles. The van der Waals surface area contributed by atoms with Gasteiger partial charge in [-0.05, 0) is 48.1 Å². The van der Waals surface area contributed by atoms with Crippen molar-refractivity contribution in [2.75, 3.05) is 0 Å². The molecule has 6 rings (SSSR count). The van der Waals surface area contributed by atoms with Gasteiger partial charge in [0.2, 0.25) is 0 Å². The quantitative estimate of drug-likeness (QED) is 0.377. The van der Waals surface area contributed by atoms with Crippen LogP contribution in [-0.4, -0.2) is 24.6 Å². The summed E-state index contributed by atoms with van der Waals surface area (Å²) in [6.07, 6.45) is 4.25. The van der Waals surface area contributed by atoms with Crippen LogP contribution in [0.1, 0.15) is 42.6 Å². The van der Waals surface area contributed by atoms with Gasteiger partial charge in [0.25, 0.3) is 6.47 Å². The highest BCUT2D eigenvalue weighted by Gasteiger charge is 2.46. The van der Waals surface area contributed by atoms with Crippen molar-refractivity contribution >= 4 is 30.3 Å². The van der Waals surface area contributed by atoms with Crippen molar-refractivity contribution in [1.82, 2.24) is 5.32 Å². The number of nitrogens with zero attached hydrogens (tertiary/aromatic N) is 2. The first kappa shape index (κ1) is 23.6. The Kier molecular flexibility index (Phi) is 5.96. The third-order valence-electron chi connectivity index (χ3n) is 7.06. The molecule has 3 aliphatic rings. The second-order valence-electron chi connectivity index (χ2n) is 9.46. The molecule has 0 bridgehead atoms. The van der Waals surface area contributed by atoms with E-state index < -0.39 is 17.8 Å². The van der Waals surface area contributed by atoms with Crippen molar-refractivity contribution in [3.63, 3.8) is 0 Å². The number of hydrogen-bond donors (Lipinski definition) is 1. The van der Waals surface area contributed by atoms with Crippen LogP contribution in [0.3, 0.4) is 0 Å². The molecule has 1 N–H and O–H groups in total. The zero-order chi connectivity index (χ0) is 26.1. The normalized spacial score (nSPS) is 17.3. The lowest BCUT2D eigenvalue weighted by Crippen LogP contribution is -2.26. The molecule has 1 atom stereocenters. The Morgan fingerprint density at radius 2 is 1.61 bits per heavy atom. The number of amides is 1. The Morgan fingerprint density at radius 1 is 0.947 bits per heavy atom. The SMILES string of the molecule is CC(OC(=O)NC1=C(c2ccc(-c3ccc(C4(OC=O)CC4)cc3)cc2)N=C2N=CC=C21)c1ccccc1. The Bertz CT molecular complexity index is 1510. The van der Waals surface area contributed by atoms with E-state index in [9.17, 15) is 9.59 Å². The lowest BCUT2D eigenvalue weighted by atomic mass is 9.99. The minimum atomic E-state index is -0.554. The molecule has 1 fully saturated rings. The number of aliphatic imine (C=N–C) groups is 2. The van der Waals surface area contributed by atoms with Crippen LogP contribution >= 0.6 is 0 Å². The maximum absolute atomic E-state index is 12.8. The molecule has 38 heavy (non-hydrogen) atoms. The van der Waals surface area contributed by atoms with Gasteiger partial charge in [0.05, 0.1) is 11.4 Å². The largest absolute Gasteiger partial charge is 0.456 e. The third kappa shape index (κ3) is 4.43. The standard InChI is InChI=1S/C31H25N3O4/c1-20(21-5-3-2-4-6-21)38-30(36)34-28-26-15-18-32-29(26)33-27(28)24-9-7-22(8-10-24)23-11-13-25(14-12-23)31(16-17-31)37-19-35/h2-15,18-20H,16-17H2,1H3,(H,34,36). The average Bonchev–Trinajstić information content (AvgIpc) is 3.45. The van der Waals surface area contributed by atoms with Crippen LogP contribution in [0.5, 0.6) is 0 Å². The van der Waals surface area contributed by atoms with Crippen LogP contribution < -0.4 is 5.32 Å². The first-order chi connectivity index (χ1) is 18.6. The summed E-state index contributed by atoms with van der Waals surface area (Å²) < 4.78 is 10.9. The first-order valence-corrected chi connectivity index (χ1v) is 12.5. The smallest absolute Gasteiger partial charge is 0.412 e. The number of alkyl carbamates (subject to hydrolysis) is 1. The van der Waals surface area contributed by atoms with Gasteiger partial charge in [-0.1, -0.05) is 78.9 Å². The number of nitrogens with one attached hydrogen (secondary N) is 1. The Hall–Kier alpha value is -4.78. The van der Waals surface area contributed by atoms with Gasteiger partial charge in [-0.2, -0.15) is 0 Å². The van der Waals surface area contributed by atoms with E-state index in [0.717, 1.165) is 46.2 Å². The molecule has 0 saturated heterocycles. The Labute approximate surface area is 220 Å². The van der Waals surface area contributed by atoms with Gasteiger partial charge in [-0.25, -0.2) is 14.8 Å². The highest BCUT2D eigenvalue weighted by atomic mass is 16.6. The third-order valence-corrected chi connectivity index (χ3v) is 7.06. The number of amidine groups is 1. The predicted octanol–water partition coefficient (Wildman–Crippen LogP) is 6.09. The summed E-state index contributed by atoms with van der Waals surface area (Å²) in [5, 5.41) is 2.90. The number of rotatable bonds is 8. The fourth-order valence-electron chi connectivity index (χ4n) is 4.79. The average molecular weight is 504 g/mol. The maximum atomic E-state index is 12.8. The Balaban J connectivity index is 1.21. The highest BCUT2D eigenvalue weighted by Crippen LogP contribution is 2.49. The summed E-state index contributed by atoms with van der Waals surface area (Å²) in [6.45, 7) is 2.37. The van der Waals surface area contributed by atoms with Crippen LogP contribution in [-0.2, 0) is 19.9 Å². The lowest BCUT2D eigenvalue weighted by Gasteiger charge is -2.16. The van der Waals surface area contributed by atoms with Crippen molar-refractivity contribution in [2.24, 2.45) is 9.98 Å². The van der Waals surface area contributed by atoms with Crippen LogP contribution in [0, 0.1) is 0 Å². The second kappa shape index (κ2) is 9.59. The zero-order valence-electron chi connectivity index (χ0n) is 20.8. The minimum Gasteiger partial charge on any atom is -0.456 e. The molecule has 3 aromatic rings. The fourth-order valence-corrected chi connectivity index (χ4v) is 4.79. The van der Waals surface area contributed by atoms with Crippen molar-refractivity contribution in [3.8, 4) is 11.1 Å². The molecule has 0 radical (unpaired) electrons. The number of ether oxygens (including phenoxy) is 2. The van der Waals surface area contributed by atoms with E-state index >= 15 is 0 Å². The van der Waals surface area contributed by atoms with E-state index in [4.69, 9.17) is 9.47 Å². The zero-order valence-corrected chi connectivity index (χ0v) is 20.8. The van der Waals surface area contributed by atoms with Crippen LogP contribution in [0.4, 0.5) is 4.79 Å². The molecule has 7 heteroatoms. The van der Waals surface area contributed by atoms with E-state index in [0.29, 0.717) is 23.7 Å². The number of benzene rings is 3. The van der Waals surface area contributed by atoms with Gasteiger partial charge >= 0.3 is 6.09 Å². The summed E-state index contributed by atoms with van der Waals surface area (Å²) in [5.41, 5.74) is 6.39. The molecule has 2 aliphatic heterocycles. The Morgan fingerprint density at radius 3 is 2.26 bits per heavy atom. The topological polar surface area (TPSA) is 89.3 Å². The predicted molar refractivity (Wildman–Crippen MR) is 145 cm³/mol. The van der Waals surface area contributed by atoms with Crippen LogP contribution in [0.25, 0.3) is 16.8 Å². The summed E-state index contributed by atoms with van der Waals surface area (Å²) in [6, 6.07) is 25.7. The van der Waals surface area contributed by atoms with Gasteiger partial charge in [0.15, 0.2) is 5.84 Å². The monoisotopic (exact) mass is 503 g/mol. The van der Waals surface area contributed by atoms with Crippen molar-refractivity contribution in [3.05, 3.63) is 113 Å². The molecule has 1 unspecified atom stereocenters. The van der Waals surface area contributed by atoms with Gasteiger partial charge < -0.3 is 9.47 Å². The summed E-state index contributed by atoms with van der Waals surface area (Å²) in [4.78, 5) is 32.6. The molecule has 2 heterocycles. The minimum absolute atomic E-state index is 0.402. The van der Waals surface area contributed by atoms with Gasteiger partial charge in [0.1, 0.15) is 11.7 Å². The van der Waals surface area contributed by atoms with Crippen LogP contribution in [0.15, 0.2) is 106 Å². The fraction of sp³-hybridized carbons (Fsp3) is 0.161. The number of carbonyl (C=O) groups excluding carboxylic acids is 2. The molecule has 0 spiro atoms. The molecule has 7 nitrogen and oxygen atoms in total. The molecule has 1 aliphatic carbocycles. The van der Waals surface area contributed by atoms with E-state index in [1.165, 1.54) is 0 Å². The maximum Gasteiger partial charge on any atom is 0.412 e. The lowest BCUT2D eigenvalue weighted by molar-refractivity contribution is -0.136. The van der Waals surface area contributed by atoms with Crippen molar-refractivity contribution < 1.29 is 19.1 Å². The highest BCUT2D eigenvalue weighted by molar-refractivity contribution is 6.20. The summed E-state index contributed by atoms with van der Waals surface area (Å²) in [7, 11) is 0. The van der Waals surface area contributed by atoms with Gasteiger partial charge in [-0.15, -0.1) is 0 Å². The molecule has 0 aromatic heterocycles. The van der Waals surface area contributed by atoms with E-state index in [2.05, 4.69) is 15.3 Å². The number of fused-ring (bicyclic) bond motifs is 1. The molecular formula is C31H25N3O4. The van der Waals surface area contributed by atoms with E-state index in [-0.39, 0.29) is 0 Å². The second-order valence-corrected chi connectivity index (χ2v) is 9.46. The van der Waals surface area contributed by atoms with Gasteiger partial charge in [0, 0.05) is 17.4 Å². The van der Waals surface area contributed by atoms with E-state index in [1.807, 2.05) is 91.9 Å². The molecular weight excluding hydrogens is 478 g/mol. The molecule has 1 amide bonds. The van der Waals surface area contributed by atoms with Crippen molar-refractivity contribution in [2.45, 2.75) is 31.5 Å². The van der Waals surface area contributed by atoms with Gasteiger partial charge in [-0.3, -0.25) is 10.1 Å². The summed E-state index contributed by atoms with van der Waals surface area (Å²) in [5.74, 6) is 0.567. The molecule has 188 valence electrons. The number of carbonyl (C=O) groups is 2. The van der Waals surface area contributed by atoms with E-state index in [1.54, 1.807) is 6.21 Å². The number of hydrogen-bond acceptors (Lipinski definition) is 6. The van der Waals surface area contributed by atoms with Crippen molar-refractivity contribution in [1.29, 1.82) is 0 Å². The molecule has 1 saturated carbocycles. The summed E-state index contributed by atoms with van der Waals surface area (Å²) >= 11 is 0. The van der Waals surface area contributed by atoms with Crippen LogP contribution in [0.2, 0.25) is 0 Å². The first-order valence-electron chi connectivity index (χ1n) is 12.5. The number of allylic oxidation sites excluding steroid dienone is 1.